The van der Waals surface area contributed by atoms with Crippen molar-refractivity contribution in [2.45, 2.75) is 6.10 Å². The van der Waals surface area contributed by atoms with Crippen LogP contribution < -0.4 is 0 Å². The lowest BCUT2D eigenvalue weighted by atomic mass is 9.99. The van der Waals surface area contributed by atoms with Gasteiger partial charge < -0.3 is 4.74 Å². The Balaban J connectivity index is 1.96. The Morgan fingerprint density at radius 1 is 0.929 bits per heavy atom. The number of non-ortho nitro benzene ring substituents is 1. The normalized spacial score (nSPS) is 11.5. The van der Waals surface area contributed by atoms with Crippen molar-refractivity contribution in [3.8, 4) is 0 Å². The van der Waals surface area contributed by atoms with Gasteiger partial charge in [0, 0.05) is 23.3 Å². The Labute approximate surface area is 165 Å². The predicted molar refractivity (Wildman–Crippen MR) is 103 cm³/mol. The number of rotatable bonds is 6. The van der Waals surface area contributed by atoms with Crippen LogP contribution in [-0.4, -0.2) is 16.7 Å². The van der Waals surface area contributed by atoms with E-state index >= 15 is 0 Å². The fourth-order valence-corrected chi connectivity index (χ4v) is 2.80. The molecule has 0 heterocycles. The van der Waals surface area contributed by atoms with Gasteiger partial charge in [-0.15, -0.1) is 0 Å². The zero-order valence-electron chi connectivity index (χ0n) is 14.4. The number of nitro groups is 1. The van der Waals surface area contributed by atoms with E-state index in [1.54, 1.807) is 60.7 Å². The molecule has 3 aromatic carbocycles. The van der Waals surface area contributed by atoms with Gasteiger partial charge in [-0.3, -0.25) is 14.9 Å². The van der Waals surface area contributed by atoms with Crippen LogP contribution in [0.25, 0.3) is 0 Å². The first-order chi connectivity index (χ1) is 13.5. The van der Waals surface area contributed by atoms with Crippen molar-refractivity contribution in [3.63, 3.8) is 0 Å². The van der Waals surface area contributed by atoms with Gasteiger partial charge in [0.1, 0.15) is 0 Å². The van der Waals surface area contributed by atoms with E-state index in [9.17, 15) is 19.7 Å². The Morgan fingerprint density at radius 2 is 1.54 bits per heavy atom. The molecular formula is C21H14ClNO5. The minimum Gasteiger partial charge on any atom is -0.445 e. The van der Waals surface area contributed by atoms with Crippen LogP contribution in [0.4, 0.5) is 5.69 Å². The standard InChI is InChI=1S/C21H14ClNO5/c22-18-12-11-16(23(26)27)13-17(18)21(25)28-20(15-9-5-2-6-10-15)19(24)14-7-3-1-4-8-14/h1-13,20H/t20-/m1/s1. The highest BCUT2D eigenvalue weighted by molar-refractivity contribution is 6.33. The van der Waals surface area contributed by atoms with E-state index in [-0.39, 0.29) is 16.3 Å². The number of halogens is 1. The van der Waals surface area contributed by atoms with Crippen LogP contribution in [0.3, 0.4) is 0 Å². The number of nitro benzene ring substituents is 1. The number of carbonyl (C=O) groups excluding carboxylic acids is 2. The molecule has 0 aliphatic heterocycles. The summed E-state index contributed by atoms with van der Waals surface area (Å²) in [6.07, 6.45) is -1.22. The van der Waals surface area contributed by atoms with Gasteiger partial charge in [-0.2, -0.15) is 0 Å². The summed E-state index contributed by atoms with van der Waals surface area (Å²) in [5.74, 6) is -1.34. The molecule has 0 saturated carbocycles. The molecule has 3 aromatic rings. The Bertz CT molecular complexity index is 1020. The minimum atomic E-state index is -1.22. The second-order valence-electron chi connectivity index (χ2n) is 5.85. The predicted octanol–water partition coefficient (Wildman–Crippen LogP) is 5.03. The van der Waals surface area contributed by atoms with Crippen LogP contribution in [0.15, 0.2) is 78.9 Å². The average molecular weight is 396 g/mol. The quantitative estimate of drug-likeness (QED) is 0.253. The highest BCUT2D eigenvalue weighted by Crippen LogP contribution is 2.28. The topological polar surface area (TPSA) is 86.5 Å². The maximum absolute atomic E-state index is 13.0. The average Bonchev–Trinajstić information content (AvgIpc) is 2.72. The Kier molecular flexibility index (Phi) is 5.81. The summed E-state index contributed by atoms with van der Waals surface area (Å²) in [5, 5.41) is 11.0. The summed E-state index contributed by atoms with van der Waals surface area (Å²) in [6.45, 7) is 0. The lowest BCUT2D eigenvalue weighted by Crippen LogP contribution is -2.20. The number of Topliss-reactive ketones (excluding diaryl/α,β-unsaturated/α-hetero) is 1. The summed E-state index contributed by atoms with van der Waals surface area (Å²) < 4.78 is 5.46. The molecule has 0 bridgehead atoms. The van der Waals surface area contributed by atoms with Gasteiger partial charge in [0.25, 0.3) is 5.69 Å². The van der Waals surface area contributed by atoms with Crippen molar-refractivity contribution in [3.05, 3.63) is 111 Å². The zero-order valence-corrected chi connectivity index (χ0v) is 15.2. The van der Waals surface area contributed by atoms with Crippen molar-refractivity contribution in [2.75, 3.05) is 0 Å². The summed E-state index contributed by atoms with van der Waals surface area (Å²) in [4.78, 5) is 36.0. The van der Waals surface area contributed by atoms with Gasteiger partial charge in [-0.25, -0.2) is 4.79 Å². The molecular weight excluding hydrogens is 382 g/mol. The molecule has 0 aliphatic rings. The van der Waals surface area contributed by atoms with Crippen LogP contribution >= 0.6 is 11.6 Å². The van der Waals surface area contributed by atoms with E-state index in [4.69, 9.17) is 16.3 Å². The molecule has 0 aliphatic carbocycles. The highest BCUT2D eigenvalue weighted by Gasteiger charge is 2.28. The molecule has 0 unspecified atom stereocenters. The molecule has 0 radical (unpaired) electrons. The summed E-state index contributed by atoms with van der Waals surface area (Å²) in [6, 6.07) is 20.4. The molecule has 7 heteroatoms. The van der Waals surface area contributed by atoms with E-state index in [1.807, 2.05) is 0 Å². The van der Waals surface area contributed by atoms with E-state index in [2.05, 4.69) is 0 Å². The van der Waals surface area contributed by atoms with Crippen LogP contribution in [0.2, 0.25) is 5.02 Å². The molecule has 3 rings (SSSR count). The number of carbonyl (C=O) groups is 2. The smallest absolute Gasteiger partial charge is 0.340 e. The molecule has 0 aromatic heterocycles. The fourth-order valence-electron chi connectivity index (χ4n) is 2.61. The van der Waals surface area contributed by atoms with Crippen LogP contribution in [0.5, 0.6) is 0 Å². The van der Waals surface area contributed by atoms with Crippen molar-refractivity contribution in [2.24, 2.45) is 0 Å². The van der Waals surface area contributed by atoms with E-state index < -0.39 is 22.8 Å². The second kappa shape index (κ2) is 8.45. The van der Waals surface area contributed by atoms with Crippen LogP contribution in [0, 0.1) is 10.1 Å². The molecule has 0 amide bonds. The first kappa shape index (κ1) is 19.3. The monoisotopic (exact) mass is 395 g/mol. The number of ether oxygens (including phenoxy) is 1. The fraction of sp³-hybridized carbons (Fsp3) is 0.0476. The lowest BCUT2D eigenvalue weighted by Gasteiger charge is -2.18. The summed E-state index contributed by atoms with van der Waals surface area (Å²) in [7, 11) is 0. The molecule has 6 nitrogen and oxygen atoms in total. The third-order valence-corrected chi connectivity index (χ3v) is 4.33. The van der Waals surface area contributed by atoms with Gasteiger partial charge in [-0.1, -0.05) is 72.3 Å². The number of benzene rings is 3. The van der Waals surface area contributed by atoms with Gasteiger partial charge >= 0.3 is 5.97 Å². The van der Waals surface area contributed by atoms with Gasteiger partial charge in [0.2, 0.25) is 5.78 Å². The van der Waals surface area contributed by atoms with Crippen LogP contribution in [0.1, 0.15) is 32.4 Å². The van der Waals surface area contributed by atoms with Crippen molar-refractivity contribution >= 4 is 29.0 Å². The third kappa shape index (κ3) is 4.24. The third-order valence-electron chi connectivity index (χ3n) is 4.00. The number of hydrogen-bond donors (Lipinski definition) is 0. The van der Waals surface area contributed by atoms with E-state index in [1.165, 1.54) is 12.1 Å². The number of nitrogens with zero attached hydrogens (tertiary/aromatic N) is 1. The first-order valence-electron chi connectivity index (χ1n) is 8.26. The number of ketones is 1. The lowest BCUT2D eigenvalue weighted by molar-refractivity contribution is -0.384. The maximum Gasteiger partial charge on any atom is 0.340 e. The summed E-state index contributed by atoms with van der Waals surface area (Å²) >= 11 is 6.01. The largest absolute Gasteiger partial charge is 0.445 e. The van der Waals surface area contributed by atoms with E-state index in [0.717, 1.165) is 6.07 Å². The number of esters is 1. The van der Waals surface area contributed by atoms with Crippen molar-refractivity contribution in [1.29, 1.82) is 0 Å². The molecule has 0 spiro atoms. The zero-order chi connectivity index (χ0) is 20.1. The van der Waals surface area contributed by atoms with Gasteiger partial charge in [0.05, 0.1) is 15.5 Å². The Morgan fingerprint density at radius 3 is 2.14 bits per heavy atom. The van der Waals surface area contributed by atoms with E-state index in [0.29, 0.717) is 11.1 Å². The molecule has 0 saturated heterocycles. The van der Waals surface area contributed by atoms with Crippen molar-refractivity contribution in [1.82, 2.24) is 0 Å². The SMILES string of the molecule is O=C(O[C@@H](C(=O)c1ccccc1)c1ccccc1)c1cc([N+](=O)[O-])ccc1Cl. The number of hydrogen-bond acceptors (Lipinski definition) is 5. The van der Waals surface area contributed by atoms with Gasteiger partial charge in [0.15, 0.2) is 6.10 Å². The second-order valence-corrected chi connectivity index (χ2v) is 6.25. The summed E-state index contributed by atoms with van der Waals surface area (Å²) in [5.41, 5.74) is 0.361. The van der Waals surface area contributed by atoms with Crippen molar-refractivity contribution < 1.29 is 19.2 Å². The molecule has 0 fully saturated rings. The molecule has 1 atom stereocenters. The first-order valence-corrected chi connectivity index (χ1v) is 8.64. The van der Waals surface area contributed by atoms with Gasteiger partial charge in [-0.05, 0) is 6.07 Å². The minimum absolute atomic E-state index is 0.00503. The van der Waals surface area contributed by atoms with Crippen LogP contribution in [-0.2, 0) is 4.74 Å². The molecule has 28 heavy (non-hydrogen) atoms. The maximum atomic E-state index is 13.0. The Hall–Kier alpha value is -3.51. The molecule has 0 N–H and O–H groups in total. The highest BCUT2D eigenvalue weighted by atomic mass is 35.5. The molecule has 140 valence electrons.